The summed E-state index contributed by atoms with van der Waals surface area (Å²) in [6.07, 6.45) is -1.30. The number of halogens is 3. The Labute approximate surface area is 72.6 Å². The largest absolute Gasteiger partial charge is 0.298 e. The molecular weight excluding hydrogens is 190 g/mol. The molecule has 0 aliphatic carbocycles. The van der Waals surface area contributed by atoms with E-state index in [1.54, 1.807) is 0 Å². The summed E-state index contributed by atoms with van der Waals surface area (Å²) in [6.45, 7) is 0. The Hall–Kier alpha value is -0.810. The van der Waals surface area contributed by atoms with Crippen molar-refractivity contribution >= 4 is 23.8 Å². The summed E-state index contributed by atoms with van der Waals surface area (Å²) >= 11 is 5.56. The molecule has 66 valence electrons. The van der Waals surface area contributed by atoms with E-state index in [9.17, 15) is 13.6 Å². The van der Waals surface area contributed by atoms with Crippen molar-refractivity contribution in [2.45, 2.75) is 6.43 Å². The maximum atomic E-state index is 12.1. The van der Waals surface area contributed by atoms with Gasteiger partial charge >= 0.3 is 0 Å². The lowest BCUT2D eigenvalue weighted by atomic mass is 10.2. The van der Waals surface area contributed by atoms with Crippen LogP contribution in [0.15, 0.2) is 16.9 Å². The van der Waals surface area contributed by atoms with E-state index in [1.807, 2.05) is 0 Å². The fourth-order valence-corrected chi connectivity index (χ4v) is 1.06. The first kappa shape index (κ1) is 9.28. The molecule has 1 aliphatic rings. The van der Waals surface area contributed by atoms with Gasteiger partial charge in [0.1, 0.15) is 12.6 Å². The molecule has 0 aromatic rings. The molecule has 3 nitrogen and oxygen atoms in total. The molecule has 0 aromatic heterocycles. The van der Waals surface area contributed by atoms with Crippen LogP contribution in [0.3, 0.4) is 0 Å². The number of carbonyl (C=O) groups is 1. The third kappa shape index (κ3) is 1.67. The lowest BCUT2D eigenvalue weighted by molar-refractivity contribution is -0.741. The Bertz CT molecular complexity index is 273. The first-order chi connectivity index (χ1) is 5.46. The third-order valence-corrected chi connectivity index (χ3v) is 1.48. The van der Waals surface area contributed by atoms with Gasteiger partial charge in [0, 0.05) is 0 Å². The number of carbonyl (C=O) groups excluding carboxylic acids is 1. The summed E-state index contributed by atoms with van der Waals surface area (Å²) < 4.78 is 23.7. The minimum Gasteiger partial charge on any atom is -0.298 e. The number of hydrogen-bond acceptors (Lipinski definition) is 2. The molecule has 1 aliphatic heterocycles. The van der Waals surface area contributed by atoms with E-state index in [2.05, 4.69) is 5.10 Å². The Morgan fingerprint density at radius 2 is 2.33 bits per heavy atom. The highest BCUT2D eigenvalue weighted by Gasteiger charge is 2.34. The number of allylic oxidation sites excluding steroid dienone is 1. The highest BCUT2D eigenvalue weighted by molar-refractivity contribution is 6.18. The molecule has 0 N–H and O–H groups in total. The number of nitrogens with zero attached hydrogens (tertiary/aromatic N) is 2. The number of alkyl halides is 2. The van der Waals surface area contributed by atoms with E-state index in [4.69, 9.17) is 11.8 Å². The zero-order valence-electron chi connectivity index (χ0n) is 6.17. The van der Waals surface area contributed by atoms with E-state index < -0.39 is 16.2 Å². The molecule has 0 aromatic carbocycles. The van der Waals surface area contributed by atoms with E-state index in [-0.39, 0.29) is 5.57 Å². The molecule has 0 saturated heterocycles. The van der Waals surface area contributed by atoms with Crippen molar-refractivity contribution in [3.05, 3.63) is 11.8 Å². The van der Waals surface area contributed by atoms with Crippen LogP contribution in [0.1, 0.15) is 0 Å². The van der Waals surface area contributed by atoms with Gasteiger partial charge in [0.2, 0.25) is 11.8 Å². The van der Waals surface area contributed by atoms with Crippen molar-refractivity contribution in [2.75, 3.05) is 7.05 Å². The van der Waals surface area contributed by atoms with Gasteiger partial charge < -0.3 is 0 Å². The van der Waals surface area contributed by atoms with Gasteiger partial charge in [0.25, 0.3) is 6.43 Å². The summed E-state index contributed by atoms with van der Waals surface area (Å²) in [5.74, 6) is 0. The fourth-order valence-electron chi connectivity index (χ4n) is 0.878. The molecule has 1 unspecified atom stereocenters. The van der Waals surface area contributed by atoms with Crippen LogP contribution >= 0.6 is 11.8 Å². The zero-order valence-corrected chi connectivity index (χ0v) is 6.92. The van der Waals surface area contributed by atoms with Gasteiger partial charge in [-0.2, -0.15) is 0 Å². The predicted molar refractivity (Wildman–Crippen MR) is 39.6 cm³/mol. The van der Waals surface area contributed by atoms with Gasteiger partial charge in [-0.25, -0.2) is 8.78 Å². The fraction of sp³-hybridized carbons (Fsp3) is 0.333. The average Bonchev–Trinajstić information content (AvgIpc) is 2.25. The third-order valence-electron chi connectivity index (χ3n) is 1.31. The number of aldehydes is 1. The molecule has 0 fully saturated rings. The topological polar surface area (TPSA) is 29.4 Å². The second kappa shape index (κ2) is 2.91. The molecular formula is C6H6ClF2N2O+. The molecule has 0 spiro atoms. The Balaban J connectivity index is 3.03. The van der Waals surface area contributed by atoms with Crippen LogP contribution in [-0.2, 0) is 4.79 Å². The minimum absolute atomic E-state index is 0.150. The molecule has 12 heavy (non-hydrogen) atoms. The van der Waals surface area contributed by atoms with E-state index >= 15 is 0 Å². The Morgan fingerprint density at radius 3 is 2.67 bits per heavy atom. The number of hydrogen-bond donors (Lipinski definition) is 0. The van der Waals surface area contributed by atoms with Crippen LogP contribution in [0.2, 0.25) is 0 Å². The maximum Gasteiger partial charge on any atom is 0.286 e. The molecule has 0 radical (unpaired) electrons. The van der Waals surface area contributed by atoms with Crippen LogP contribution in [0, 0.1) is 0 Å². The van der Waals surface area contributed by atoms with Gasteiger partial charge in [-0.05, 0) is 0 Å². The summed E-state index contributed by atoms with van der Waals surface area (Å²) in [5, 5.41) is 3.42. The SMILES string of the molecule is C[N+]1(Cl)C=C(C=O)C(C(F)F)=N1. The van der Waals surface area contributed by atoms with Crippen molar-refractivity contribution in [3.8, 4) is 0 Å². The van der Waals surface area contributed by atoms with Gasteiger partial charge in [-0.15, -0.1) is 0 Å². The van der Waals surface area contributed by atoms with Gasteiger partial charge in [-0.3, -0.25) is 4.79 Å². The van der Waals surface area contributed by atoms with Crippen molar-refractivity contribution in [3.63, 3.8) is 0 Å². The average molecular weight is 196 g/mol. The van der Waals surface area contributed by atoms with E-state index in [1.165, 1.54) is 7.05 Å². The molecule has 0 saturated carbocycles. The monoisotopic (exact) mass is 195 g/mol. The minimum atomic E-state index is -2.76. The number of quaternary nitrogens is 1. The normalized spacial score (nSPS) is 28.8. The quantitative estimate of drug-likeness (QED) is 0.483. The van der Waals surface area contributed by atoms with Crippen LogP contribution in [-0.4, -0.2) is 29.6 Å². The van der Waals surface area contributed by atoms with Gasteiger partial charge in [0.15, 0.2) is 18.2 Å². The maximum absolute atomic E-state index is 12.1. The van der Waals surface area contributed by atoms with E-state index in [0.29, 0.717) is 6.29 Å². The molecule has 0 bridgehead atoms. The summed E-state index contributed by atoms with van der Waals surface area (Å²) in [6, 6.07) is 0. The van der Waals surface area contributed by atoms with Crippen molar-refractivity contribution in [1.82, 2.24) is 0 Å². The second-order valence-corrected chi connectivity index (χ2v) is 3.09. The van der Waals surface area contributed by atoms with Crippen molar-refractivity contribution in [1.29, 1.82) is 0 Å². The van der Waals surface area contributed by atoms with Crippen LogP contribution in [0.5, 0.6) is 0 Å². The molecule has 6 heteroatoms. The van der Waals surface area contributed by atoms with Gasteiger partial charge in [-0.1, -0.05) is 9.21 Å². The number of rotatable bonds is 2. The molecule has 1 atom stereocenters. The summed E-state index contributed by atoms with van der Waals surface area (Å²) in [5.41, 5.74) is -0.704. The van der Waals surface area contributed by atoms with Gasteiger partial charge in [0.05, 0.1) is 0 Å². The lowest BCUT2D eigenvalue weighted by Crippen LogP contribution is -2.17. The van der Waals surface area contributed by atoms with Crippen LogP contribution < -0.4 is 0 Å². The first-order valence-electron chi connectivity index (χ1n) is 3.09. The predicted octanol–water partition coefficient (Wildman–Crippen LogP) is 1.30. The smallest absolute Gasteiger partial charge is 0.286 e. The summed E-state index contributed by atoms with van der Waals surface area (Å²) in [4.78, 5) is 10.3. The van der Waals surface area contributed by atoms with Crippen LogP contribution in [0.4, 0.5) is 8.78 Å². The molecule has 0 amide bonds. The Kier molecular flexibility index (Phi) is 2.25. The second-order valence-electron chi connectivity index (χ2n) is 2.40. The first-order valence-corrected chi connectivity index (χ1v) is 3.42. The van der Waals surface area contributed by atoms with Crippen LogP contribution in [0.25, 0.3) is 0 Å². The van der Waals surface area contributed by atoms with Crippen molar-refractivity contribution in [2.24, 2.45) is 5.10 Å². The molecule has 1 heterocycles. The summed E-state index contributed by atoms with van der Waals surface area (Å²) in [7, 11) is 1.38. The highest BCUT2D eigenvalue weighted by Crippen LogP contribution is 2.23. The van der Waals surface area contributed by atoms with Crippen molar-refractivity contribution < 1.29 is 17.7 Å². The van der Waals surface area contributed by atoms with E-state index in [0.717, 1.165) is 6.20 Å². The lowest BCUT2D eigenvalue weighted by Gasteiger charge is -2.05. The Morgan fingerprint density at radius 1 is 1.75 bits per heavy atom. The zero-order chi connectivity index (χ0) is 9.35. The molecule has 1 rings (SSSR count). The highest BCUT2D eigenvalue weighted by atomic mass is 35.5. The standard InChI is InChI=1S/C6H6ClF2N2O/c1-11(7)2-4(3-12)5(10-11)6(8)9/h2-3,6H,1H3/q+1.